The maximum atomic E-state index is 11.2. The molecule has 1 aromatic rings. The van der Waals surface area contributed by atoms with Crippen molar-refractivity contribution in [2.75, 3.05) is 5.32 Å². The van der Waals surface area contributed by atoms with Crippen LogP contribution in [0.4, 0.5) is 5.69 Å². The highest BCUT2D eigenvalue weighted by Crippen LogP contribution is 2.13. The van der Waals surface area contributed by atoms with Crippen molar-refractivity contribution in [2.24, 2.45) is 0 Å². The summed E-state index contributed by atoms with van der Waals surface area (Å²) in [5, 5.41) is 10.5. The molecule has 19 heavy (non-hydrogen) atoms. The molecule has 0 aliphatic rings. The van der Waals surface area contributed by atoms with Gasteiger partial charge in [0.15, 0.2) is 0 Å². The molecule has 0 saturated heterocycles. The first kappa shape index (κ1) is 14.8. The molecule has 1 amide bonds. The zero-order valence-corrected chi connectivity index (χ0v) is 10.2. The van der Waals surface area contributed by atoms with Gasteiger partial charge in [-0.05, 0) is 24.3 Å². The lowest BCUT2D eigenvalue weighted by atomic mass is 10.2. The third-order valence-corrected chi connectivity index (χ3v) is 2.86. The summed E-state index contributed by atoms with van der Waals surface area (Å²) in [6.45, 7) is 0. The van der Waals surface area contributed by atoms with E-state index in [4.69, 9.17) is 9.66 Å². The molecule has 0 bridgehead atoms. The molecule has 1 rings (SSSR count). The molecular formula is C10H9NO7S. The summed E-state index contributed by atoms with van der Waals surface area (Å²) >= 11 is 0. The van der Waals surface area contributed by atoms with Crippen molar-refractivity contribution >= 4 is 33.5 Å². The number of benzene rings is 1. The number of rotatable bonds is 5. The van der Waals surface area contributed by atoms with E-state index in [1.807, 2.05) is 0 Å². The average Bonchev–Trinajstić information content (AvgIpc) is 2.28. The van der Waals surface area contributed by atoms with E-state index >= 15 is 0 Å². The normalized spacial score (nSPS) is 10.8. The molecule has 0 aromatic heterocycles. The molecule has 3 N–H and O–H groups in total. The van der Waals surface area contributed by atoms with E-state index in [9.17, 15) is 22.8 Å². The SMILES string of the molecule is O=C(CC(=O)C(=O)O)Nc1ccc(S(=O)(=O)O)cc1. The first-order chi connectivity index (χ1) is 8.70. The van der Waals surface area contributed by atoms with Crippen LogP contribution in [-0.2, 0) is 24.5 Å². The van der Waals surface area contributed by atoms with E-state index in [1.54, 1.807) is 0 Å². The van der Waals surface area contributed by atoms with Crippen LogP contribution in [0.1, 0.15) is 6.42 Å². The fourth-order valence-corrected chi connectivity index (χ4v) is 1.62. The minimum absolute atomic E-state index is 0.163. The molecule has 102 valence electrons. The predicted octanol–water partition coefficient (Wildman–Crippen LogP) is -0.0844. The number of aliphatic carboxylic acids is 1. The van der Waals surface area contributed by atoms with Crippen LogP contribution >= 0.6 is 0 Å². The zero-order chi connectivity index (χ0) is 14.6. The smallest absolute Gasteiger partial charge is 0.372 e. The van der Waals surface area contributed by atoms with Crippen LogP contribution in [0.3, 0.4) is 0 Å². The van der Waals surface area contributed by atoms with Crippen LogP contribution in [0, 0.1) is 0 Å². The summed E-state index contributed by atoms with van der Waals surface area (Å²) in [4.78, 5) is 31.9. The number of carbonyl (C=O) groups is 3. The third-order valence-electron chi connectivity index (χ3n) is 2.00. The molecule has 0 heterocycles. The second-order valence-corrected chi connectivity index (χ2v) is 4.87. The summed E-state index contributed by atoms with van der Waals surface area (Å²) in [7, 11) is -4.32. The largest absolute Gasteiger partial charge is 0.475 e. The number of amides is 1. The van der Waals surface area contributed by atoms with Crippen LogP contribution in [0.25, 0.3) is 0 Å². The number of Topliss-reactive ketones (excluding diaryl/α,β-unsaturated/α-hetero) is 1. The highest BCUT2D eigenvalue weighted by atomic mass is 32.2. The van der Waals surface area contributed by atoms with Gasteiger partial charge in [0.2, 0.25) is 11.7 Å². The van der Waals surface area contributed by atoms with Crippen molar-refractivity contribution in [3.05, 3.63) is 24.3 Å². The standard InChI is InChI=1S/C10H9NO7S/c12-8(10(14)15)5-9(13)11-6-1-3-7(4-2-6)19(16,17)18/h1-4H,5H2,(H,11,13)(H,14,15)(H,16,17,18). The number of carboxylic acid groups (broad SMARTS) is 1. The first-order valence-electron chi connectivity index (χ1n) is 4.83. The van der Waals surface area contributed by atoms with Crippen molar-refractivity contribution in [3.8, 4) is 0 Å². The van der Waals surface area contributed by atoms with Gasteiger partial charge in [0, 0.05) is 5.69 Å². The third kappa shape index (κ3) is 4.48. The van der Waals surface area contributed by atoms with Crippen LogP contribution in [0.15, 0.2) is 29.2 Å². The van der Waals surface area contributed by atoms with E-state index in [2.05, 4.69) is 5.32 Å². The highest BCUT2D eigenvalue weighted by Gasteiger charge is 2.16. The maximum absolute atomic E-state index is 11.2. The van der Waals surface area contributed by atoms with E-state index in [1.165, 1.54) is 12.1 Å². The van der Waals surface area contributed by atoms with Crippen molar-refractivity contribution in [1.29, 1.82) is 0 Å². The minimum Gasteiger partial charge on any atom is -0.475 e. The predicted molar refractivity (Wildman–Crippen MR) is 62.1 cm³/mol. The number of hydrogen-bond donors (Lipinski definition) is 3. The number of hydrogen-bond acceptors (Lipinski definition) is 5. The summed E-state index contributed by atoms with van der Waals surface area (Å²) in [5.74, 6) is -3.81. The highest BCUT2D eigenvalue weighted by molar-refractivity contribution is 7.85. The van der Waals surface area contributed by atoms with Gasteiger partial charge in [0.1, 0.15) is 0 Å². The maximum Gasteiger partial charge on any atom is 0.372 e. The summed E-state index contributed by atoms with van der Waals surface area (Å²) in [6.07, 6.45) is -0.824. The molecule has 0 aliphatic carbocycles. The van der Waals surface area contributed by atoms with Crippen molar-refractivity contribution in [2.45, 2.75) is 11.3 Å². The number of carboxylic acids is 1. The first-order valence-corrected chi connectivity index (χ1v) is 6.27. The summed E-state index contributed by atoms with van der Waals surface area (Å²) < 4.78 is 30.2. The molecule has 1 aromatic carbocycles. The minimum atomic E-state index is -4.32. The fourth-order valence-electron chi connectivity index (χ4n) is 1.14. The van der Waals surface area contributed by atoms with E-state index in [-0.39, 0.29) is 10.6 Å². The van der Waals surface area contributed by atoms with Crippen LogP contribution in [0.5, 0.6) is 0 Å². The Morgan fingerprint density at radius 1 is 1.11 bits per heavy atom. The number of nitrogens with one attached hydrogen (secondary N) is 1. The van der Waals surface area contributed by atoms with E-state index in [0.29, 0.717) is 0 Å². The van der Waals surface area contributed by atoms with Gasteiger partial charge in [0.25, 0.3) is 10.1 Å². The van der Waals surface area contributed by atoms with Gasteiger partial charge in [0.05, 0.1) is 11.3 Å². The lowest BCUT2D eigenvalue weighted by Crippen LogP contribution is -2.21. The topological polar surface area (TPSA) is 138 Å². The summed E-state index contributed by atoms with van der Waals surface area (Å²) in [5.41, 5.74) is 0.163. The molecule has 0 fully saturated rings. The molecule has 0 atom stereocenters. The van der Waals surface area contributed by atoms with Crippen molar-refractivity contribution < 1.29 is 32.5 Å². The van der Waals surface area contributed by atoms with Gasteiger partial charge in [-0.15, -0.1) is 0 Å². The molecule has 0 unspecified atom stereocenters. The quantitative estimate of drug-likeness (QED) is 0.391. The molecule has 9 heteroatoms. The second-order valence-electron chi connectivity index (χ2n) is 3.45. The molecule has 8 nitrogen and oxygen atoms in total. The van der Waals surface area contributed by atoms with Crippen LogP contribution in [-0.4, -0.2) is 35.7 Å². The monoisotopic (exact) mass is 287 g/mol. The lowest BCUT2D eigenvalue weighted by Gasteiger charge is -2.04. The zero-order valence-electron chi connectivity index (χ0n) is 9.36. The Morgan fingerprint density at radius 3 is 2.05 bits per heavy atom. The lowest BCUT2D eigenvalue weighted by molar-refractivity contribution is -0.150. The van der Waals surface area contributed by atoms with Gasteiger partial charge < -0.3 is 10.4 Å². The number of carbonyl (C=O) groups excluding carboxylic acids is 2. The number of anilines is 1. The van der Waals surface area contributed by atoms with Crippen LogP contribution < -0.4 is 5.32 Å². The molecule has 0 radical (unpaired) electrons. The molecule has 0 aliphatic heterocycles. The van der Waals surface area contributed by atoms with Gasteiger partial charge in [-0.25, -0.2) is 4.79 Å². The molecular weight excluding hydrogens is 278 g/mol. The van der Waals surface area contributed by atoms with Gasteiger partial charge in [-0.1, -0.05) is 0 Å². The summed E-state index contributed by atoms with van der Waals surface area (Å²) in [6, 6.07) is 4.46. The van der Waals surface area contributed by atoms with Gasteiger partial charge >= 0.3 is 5.97 Å². The van der Waals surface area contributed by atoms with Crippen LogP contribution in [0.2, 0.25) is 0 Å². The fraction of sp³-hybridized carbons (Fsp3) is 0.100. The Labute approximate surface area is 107 Å². The Balaban J connectivity index is 2.71. The Hall–Kier alpha value is -2.26. The van der Waals surface area contributed by atoms with Crippen molar-refractivity contribution in [1.82, 2.24) is 0 Å². The molecule has 0 spiro atoms. The van der Waals surface area contributed by atoms with Gasteiger partial charge in [-0.3, -0.25) is 14.1 Å². The Bertz CT molecular complexity index is 618. The average molecular weight is 287 g/mol. The number of ketones is 1. The van der Waals surface area contributed by atoms with Crippen molar-refractivity contribution in [3.63, 3.8) is 0 Å². The van der Waals surface area contributed by atoms with Gasteiger partial charge in [-0.2, -0.15) is 8.42 Å². The van der Waals surface area contributed by atoms with E-state index < -0.39 is 34.2 Å². The Morgan fingerprint density at radius 2 is 1.63 bits per heavy atom. The molecule has 0 saturated carbocycles. The second kappa shape index (κ2) is 5.59. The Kier molecular flexibility index (Phi) is 4.35. The van der Waals surface area contributed by atoms with E-state index in [0.717, 1.165) is 12.1 Å².